The molecule has 0 radical (unpaired) electrons. The average Bonchev–Trinajstić information content (AvgIpc) is 2.68. The SMILES string of the molecule is COc1ccc(NS(=O)(=O)c2ccc(C)cc2)cc1S(=O)(=O)N1CCOCC1. The van der Waals surface area contributed by atoms with E-state index in [0.29, 0.717) is 13.2 Å². The number of nitrogens with one attached hydrogen (secondary N) is 1. The van der Waals surface area contributed by atoms with Gasteiger partial charge in [0, 0.05) is 13.1 Å². The van der Waals surface area contributed by atoms with Crippen LogP contribution in [0.3, 0.4) is 0 Å². The zero-order valence-electron chi connectivity index (χ0n) is 15.6. The molecule has 10 heteroatoms. The van der Waals surface area contributed by atoms with E-state index in [1.54, 1.807) is 12.1 Å². The summed E-state index contributed by atoms with van der Waals surface area (Å²) >= 11 is 0. The first-order valence-corrected chi connectivity index (χ1v) is 11.5. The molecule has 3 rings (SSSR count). The van der Waals surface area contributed by atoms with Gasteiger partial charge in [-0.3, -0.25) is 4.72 Å². The molecule has 2 aromatic carbocycles. The van der Waals surface area contributed by atoms with Gasteiger partial charge in [0.1, 0.15) is 10.6 Å². The normalized spacial score (nSPS) is 15.9. The van der Waals surface area contributed by atoms with Crippen LogP contribution in [0.25, 0.3) is 0 Å². The Labute approximate surface area is 165 Å². The molecule has 0 spiro atoms. The van der Waals surface area contributed by atoms with Gasteiger partial charge >= 0.3 is 0 Å². The summed E-state index contributed by atoms with van der Waals surface area (Å²) in [4.78, 5) is -0.00693. The molecule has 2 aromatic rings. The van der Waals surface area contributed by atoms with Gasteiger partial charge in [-0.05, 0) is 37.3 Å². The number of methoxy groups -OCH3 is 1. The Bertz CT molecular complexity index is 1040. The summed E-state index contributed by atoms with van der Waals surface area (Å²) in [6, 6.07) is 10.5. The lowest BCUT2D eigenvalue weighted by Gasteiger charge is -2.26. The number of rotatable bonds is 6. The Hall–Kier alpha value is -2.14. The summed E-state index contributed by atoms with van der Waals surface area (Å²) in [6.07, 6.45) is 0. The molecule has 0 aliphatic carbocycles. The van der Waals surface area contributed by atoms with Crippen molar-refractivity contribution in [1.82, 2.24) is 4.31 Å². The Morgan fingerprint density at radius 2 is 1.64 bits per heavy atom. The fraction of sp³-hybridized carbons (Fsp3) is 0.333. The number of sulfonamides is 2. The number of morpholine rings is 1. The Morgan fingerprint density at radius 3 is 2.25 bits per heavy atom. The highest BCUT2D eigenvalue weighted by molar-refractivity contribution is 7.92. The van der Waals surface area contributed by atoms with Crippen LogP contribution in [0.15, 0.2) is 52.3 Å². The summed E-state index contributed by atoms with van der Waals surface area (Å²) in [5.41, 5.74) is 1.07. The van der Waals surface area contributed by atoms with Gasteiger partial charge in [0.15, 0.2) is 0 Å². The van der Waals surface area contributed by atoms with E-state index in [2.05, 4.69) is 4.72 Å². The Morgan fingerprint density at radius 1 is 1.00 bits per heavy atom. The van der Waals surface area contributed by atoms with Crippen LogP contribution in [0.1, 0.15) is 5.56 Å². The number of ether oxygens (including phenoxy) is 2. The van der Waals surface area contributed by atoms with Crippen molar-refractivity contribution < 1.29 is 26.3 Å². The van der Waals surface area contributed by atoms with Gasteiger partial charge in [0.2, 0.25) is 10.0 Å². The maximum absolute atomic E-state index is 13.0. The molecular formula is C18H22N2O6S2. The third-order valence-corrected chi connectivity index (χ3v) is 7.65. The van der Waals surface area contributed by atoms with Gasteiger partial charge in [-0.15, -0.1) is 0 Å². The Balaban J connectivity index is 1.95. The van der Waals surface area contributed by atoms with Crippen LogP contribution in [-0.4, -0.2) is 54.6 Å². The van der Waals surface area contributed by atoms with Crippen molar-refractivity contribution in [2.24, 2.45) is 0 Å². The fourth-order valence-electron chi connectivity index (χ4n) is 2.80. The molecule has 0 aromatic heterocycles. The maximum Gasteiger partial charge on any atom is 0.261 e. The minimum absolute atomic E-state index is 0.0894. The molecule has 1 aliphatic heterocycles. The molecule has 0 bridgehead atoms. The van der Waals surface area contributed by atoms with Crippen molar-refractivity contribution in [3.63, 3.8) is 0 Å². The third-order valence-electron chi connectivity index (χ3n) is 4.34. The highest BCUT2D eigenvalue weighted by atomic mass is 32.2. The summed E-state index contributed by atoms with van der Waals surface area (Å²) in [6.45, 7) is 2.92. The molecule has 0 unspecified atom stereocenters. The Kier molecular flexibility index (Phi) is 5.94. The van der Waals surface area contributed by atoms with Gasteiger partial charge in [-0.25, -0.2) is 16.8 Å². The molecule has 1 aliphatic rings. The van der Waals surface area contributed by atoms with Crippen LogP contribution in [0.5, 0.6) is 5.75 Å². The van der Waals surface area contributed by atoms with Crippen molar-refractivity contribution in [2.45, 2.75) is 16.7 Å². The van der Waals surface area contributed by atoms with Crippen molar-refractivity contribution in [3.8, 4) is 5.75 Å². The summed E-state index contributed by atoms with van der Waals surface area (Å²) < 4.78 is 65.4. The number of hydrogen-bond donors (Lipinski definition) is 1. The van der Waals surface area contributed by atoms with E-state index in [-0.39, 0.29) is 34.3 Å². The molecule has 1 heterocycles. The molecule has 28 heavy (non-hydrogen) atoms. The number of aryl methyl sites for hydroxylation is 1. The second-order valence-corrected chi connectivity index (χ2v) is 9.89. The van der Waals surface area contributed by atoms with Crippen molar-refractivity contribution >= 4 is 25.7 Å². The molecule has 1 saturated heterocycles. The highest BCUT2D eigenvalue weighted by Gasteiger charge is 2.30. The molecule has 1 fully saturated rings. The van der Waals surface area contributed by atoms with E-state index in [1.165, 1.54) is 41.7 Å². The fourth-order valence-corrected chi connectivity index (χ4v) is 5.44. The van der Waals surface area contributed by atoms with Crippen molar-refractivity contribution in [2.75, 3.05) is 38.1 Å². The lowest BCUT2D eigenvalue weighted by molar-refractivity contribution is 0.0729. The number of hydrogen-bond acceptors (Lipinski definition) is 6. The first-order valence-electron chi connectivity index (χ1n) is 8.59. The monoisotopic (exact) mass is 426 g/mol. The van der Waals surface area contributed by atoms with E-state index in [9.17, 15) is 16.8 Å². The van der Waals surface area contributed by atoms with Crippen LogP contribution in [-0.2, 0) is 24.8 Å². The van der Waals surface area contributed by atoms with Crippen LogP contribution in [0, 0.1) is 6.92 Å². The van der Waals surface area contributed by atoms with E-state index in [1.807, 2.05) is 6.92 Å². The van der Waals surface area contributed by atoms with Gasteiger partial charge in [-0.1, -0.05) is 17.7 Å². The highest BCUT2D eigenvalue weighted by Crippen LogP contribution is 2.31. The molecule has 0 saturated carbocycles. The first-order chi connectivity index (χ1) is 13.2. The predicted octanol–water partition coefficient (Wildman–Crippen LogP) is 1.83. The minimum atomic E-state index is -3.86. The third kappa shape index (κ3) is 4.30. The molecule has 0 amide bonds. The van der Waals surface area contributed by atoms with Crippen LogP contribution in [0.4, 0.5) is 5.69 Å². The summed E-state index contributed by atoms with van der Waals surface area (Å²) in [7, 11) is -6.35. The molecule has 0 atom stereocenters. The second kappa shape index (κ2) is 8.08. The molecule has 152 valence electrons. The summed E-state index contributed by atoms with van der Waals surface area (Å²) in [5.74, 6) is 0.143. The van der Waals surface area contributed by atoms with Crippen LogP contribution < -0.4 is 9.46 Å². The van der Waals surface area contributed by atoms with Crippen LogP contribution in [0.2, 0.25) is 0 Å². The largest absolute Gasteiger partial charge is 0.495 e. The lowest BCUT2D eigenvalue weighted by atomic mass is 10.2. The van der Waals surface area contributed by atoms with Crippen LogP contribution >= 0.6 is 0 Å². The zero-order chi connectivity index (χ0) is 20.4. The van der Waals surface area contributed by atoms with E-state index >= 15 is 0 Å². The molecule has 8 nitrogen and oxygen atoms in total. The standard InChI is InChI=1S/C18H22N2O6S2/c1-14-3-6-16(7-4-14)27(21,22)19-15-5-8-17(25-2)18(13-15)28(23,24)20-9-11-26-12-10-20/h3-8,13,19H,9-12H2,1-2H3. The smallest absolute Gasteiger partial charge is 0.261 e. The zero-order valence-corrected chi connectivity index (χ0v) is 17.2. The van der Waals surface area contributed by atoms with Crippen molar-refractivity contribution in [3.05, 3.63) is 48.0 Å². The topological polar surface area (TPSA) is 102 Å². The quantitative estimate of drug-likeness (QED) is 0.756. The van der Waals surface area contributed by atoms with Gasteiger partial charge < -0.3 is 9.47 Å². The van der Waals surface area contributed by atoms with E-state index in [4.69, 9.17) is 9.47 Å². The van der Waals surface area contributed by atoms with Gasteiger partial charge in [0.05, 0.1) is 30.9 Å². The molecule has 1 N–H and O–H groups in total. The van der Waals surface area contributed by atoms with E-state index < -0.39 is 20.0 Å². The maximum atomic E-state index is 13.0. The number of benzene rings is 2. The first kappa shape index (κ1) is 20.6. The summed E-state index contributed by atoms with van der Waals surface area (Å²) in [5, 5.41) is 0. The van der Waals surface area contributed by atoms with E-state index in [0.717, 1.165) is 5.56 Å². The average molecular weight is 427 g/mol. The number of nitrogens with zero attached hydrogens (tertiary/aromatic N) is 1. The van der Waals surface area contributed by atoms with Gasteiger partial charge in [0.25, 0.3) is 10.0 Å². The van der Waals surface area contributed by atoms with Gasteiger partial charge in [-0.2, -0.15) is 4.31 Å². The predicted molar refractivity (Wildman–Crippen MR) is 105 cm³/mol. The second-order valence-electron chi connectivity index (χ2n) is 6.30. The van der Waals surface area contributed by atoms with Crippen molar-refractivity contribution in [1.29, 1.82) is 0 Å². The molecular weight excluding hydrogens is 404 g/mol. The number of anilines is 1. The lowest BCUT2D eigenvalue weighted by Crippen LogP contribution is -2.40. The minimum Gasteiger partial charge on any atom is -0.495 e.